The summed E-state index contributed by atoms with van der Waals surface area (Å²) in [6, 6.07) is 0. The Bertz CT molecular complexity index is 247. The lowest BCUT2D eigenvalue weighted by Crippen LogP contribution is -2.45. The van der Waals surface area contributed by atoms with Crippen LogP contribution in [0.1, 0.15) is 52.4 Å². The van der Waals surface area contributed by atoms with Gasteiger partial charge in [-0.05, 0) is 38.0 Å². The SMILES string of the molecule is CCCOCCC(=O)NCC1(O)CCC(C)CC1. The van der Waals surface area contributed by atoms with Crippen LogP contribution in [0.15, 0.2) is 0 Å². The second-order valence-electron chi connectivity index (χ2n) is 5.55. The van der Waals surface area contributed by atoms with E-state index in [4.69, 9.17) is 4.74 Å². The second kappa shape index (κ2) is 7.74. The molecule has 1 aliphatic rings. The fraction of sp³-hybridized carbons (Fsp3) is 0.929. The zero-order valence-corrected chi connectivity index (χ0v) is 11.7. The fourth-order valence-corrected chi connectivity index (χ4v) is 2.24. The first-order valence-electron chi connectivity index (χ1n) is 7.12. The third-order valence-corrected chi connectivity index (χ3v) is 3.64. The van der Waals surface area contributed by atoms with Crippen molar-refractivity contribution in [1.82, 2.24) is 5.32 Å². The molecule has 0 spiro atoms. The molecule has 1 amide bonds. The number of hydrogen-bond acceptors (Lipinski definition) is 3. The predicted molar refractivity (Wildman–Crippen MR) is 71.3 cm³/mol. The van der Waals surface area contributed by atoms with Crippen LogP contribution in [0.2, 0.25) is 0 Å². The average Bonchev–Trinajstić information content (AvgIpc) is 2.36. The first-order valence-corrected chi connectivity index (χ1v) is 7.12. The zero-order valence-electron chi connectivity index (χ0n) is 11.7. The van der Waals surface area contributed by atoms with E-state index in [2.05, 4.69) is 12.2 Å². The van der Waals surface area contributed by atoms with E-state index in [-0.39, 0.29) is 5.91 Å². The minimum Gasteiger partial charge on any atom is -0.388 e. The van der Waals surface area contributed by atoms with Crippen LogP contribution in [0.5, 0.6) is 0 Å². The summed E-state index contributed by atoms with van der Waals surface area (Å²) >= 11 is 0. The van der Waals surface area contributed by atoms with Gasteiger partial charge in [-0.2, -0.15) is 0 Å². The van der Waals surface area contributed by atoms with E-state index in [1.54, 1.807) is 0 Å². The number of amides is 1. The molecule has 0 aromatic heterocycles. The third-order valence-electron chi connectivity index (χ3n) is 3.64. The number of hydrogen-bond donors (Lipinski definition) is 2. The maximum atomic E-state index is 11.6. The molecule has 4 heteroatoms. The van der Waals surface area contributed by atoms with Crippen LogP contribution < -0.4 is 5.32 Å². The van der Waals surface area contributed by atoms with E-state index >= 15 is 0 Å². The van der Waals surface area contributed by atoms with Crippen molar-refractivity contribution in [2.75, 3.05) is 19.8 Å². The highest BCUT2D eigenvalue weighted by Crippen LogP contribution is 2.31. The van der Waals surface area contributed by atoms with Gasteiger partial charge < -0.3 is 15.2 Å². The lowest BCUT2D eigenvalue weighted by molar-refractivity contribution is -0.123. The molecule has 1 fully saturated rings. The molecule has 0 atom stereocenters. The van der Waals surface area contributed by atoms with E-state index in [9.17, 15) is 9.90 Å². The maximum absolute atomic E-state index is 11.6. The molecule has 106 valence electrons. The summed E-state index contributed by atoms with van der Waals surface area (Å²) in [5.41, 5.74) is -0.688. The monoisotopic (exact) mass is 257 g/mol. The first-order chi connectivity index (χ1) is 8.56. The molecule has 4 nitrogen and oxygen atoms in total. The number of carbonyl (C=O) groups excluding carboxylic acids is 1. The van der Waals surface area contributed by atoms with Crippen molar-refractivity contribution in [3.63, 3.8) is 0 Å². The van der Waals surface area contributed by atoms with E-state index in [0.717, 1.165) is 32.1 Å². The molecule has 0 aliphatic heterocycles. The molecular weight excluding hydrogens is 230 g/mol. The lowest BCUT2D eigenvalue weighted by atomic mass is 9.79. The summed E-state index contributed by atoms with van der Waals surface area (Å²) in [6.07, 6.45) is 5.03. The van der Waals surface area contributed by atoms with E-state index in [1.807, 2.05) is 6.92 Å². The van der Waals surface area contributed by atoms with Crippen molar-refractivity contribution in [1.29, 1.82) is 0 Å². The summed E-state index contributed by atoms with van der Waals surface area (Å²) in [5, 5.41) is 13.1. The lowest BCUT2D eigenvalue weighted by Gasteiger charge is -2.34. The minimum absolute atomic E-state index is 0.0295. The van der Waals surface area contributed by atoms with Crippen molar-refractivity contribution in [2.45, 2.75) is 58.0 Å². The predicted octanol–water partition coefficient (Wildman–Crippen LogP) is 1.86. The van der Waals surface area contributed by atoms with Gasteiger partial charge >= 0.3 is 0 Å². The molecule has 0 unspecified atom stereocenters. The molecule has 0 saturated heterocycles. The molecule has 2 N–H and O–H groups in total. The number of ether oxygens (including phenoxy) is 1. The minimum atomic E-state index is -0.688. The smallest absolute Gasteiger partial charge is 0.222 e. The first kappa shape index (κ1) is 15.4. The largest absolute Gasteiger partial charge is 0.388 e. The fourth-order valence-electron chi connectivity index (χ4n) is 2.24. The summed E-state index contributed by atoms with van der Waals surface area (Å²) in [4.78, 5) is 11.6. The number of carbonyl (C=O) groups is 1. The highest BCUT2D eigenvalue weighted by atomic mass is 16.5. The van der Waals surface area contributed by atoms with Crippen LogP contribution >= 0.6 is 0 Å². The highest BCUT2D eigenvalue weighted by molar-refractivity contribution is 5.76. The second-order valence-corrected chi connectivity index (χ2v) is 5.55. The summed E-state index contributed by atoms with van der Waals surface area (Å²) in [5.74, 6) is 0.668. The topological polar surface area (TPSA) is 58.6 Å². The van der Waals surface area contributed by atoms with Crippen LogP contribution in [0.3, 0.4) is 0 Å². The normalized spacial score (nSPS) is 28.1. The maximum Gasteiger partial charge on any atom is 0.222 e. The number of rotatable bonds is 7. The molecule has 0 radical (unpaired) electrons. The van der Waals surface area contributed by atoms with Crippen molar-refractivity contribution in [3.8, 4) is 0 Å². The Morgan fingerprint density at radius 1 is 1.39 bits per heavy atom. The Morgan fingerprint density at radius 3 is 2.67 bits per heavy atom. The highest BCUT2D eigenvalue weighted by Gasteiger charge is 2.31. The van der Waals surface area contributed by atoms with Crippen molar-refractivity contribution >= 4 is 5.91 Å². The van der Waals surface area contributed by atoms with Gasteiger partial charge in [0.05, 0.1) is 12.2 Å². The van der Waals surface area contributed by atoms with Gasteiger partial charge in [0.25, 0.3) is 0 Å². The molecule has 18 heavy (non-hydrogen) atoms. The Morgan fingerprint density at radius 2 is 2.06 bits per heavy atom. The van der Waals surface area contributed by atoms with Crippen LogP contribution in [-0.2, 0) is 9.53 Å². The third kappa shape index (κ3) is 5.83. The van der Waals surface area contributed by atoms with Gasteiger partial charge in [0, 0.05) is 19.6 Å². The number of aliphatic hydroxyl groups is 1. The summed E-state index contributed by atoms with van der Waals surface area (Å²) in [7, 11) is 0. The van der Waals surface area contributed by atoms with Gasteiger partial charge in [0.15, 0.2) is 0 Å². The quantitative estimate of drug-likeness (QED) is 0.684. The van der Waals surface area contributed by atoms with Gasteiger partial charge in [0.2, 0.25) is 5.91 Å². The van der Waals surface area contributed by atoms with Crippen LogP contribution in [-0.4, -0.2) is 36.4 Å². The molecule has 0 heterocycles. The van der Waals surface area contributed by atoms with Gasteiger partial charge in [0.1, 0.15) is 0 Å². The van der Waals surface area contributed by atoms with Crippen LogP contribution in [0.4, 0.5) is 0 Å². The van der Waals surface area contributed by atoms with Crippen molar-refractivity contribution in [3.05, 3.63) is 0 Å². The summed E-state index contributed by atoms with van der Waals surface area (Å²) in [6.45, 7) is 5.81. The Hall–Kier alpha value is -0.610. The molecule has 1 rings (SSSR count). The zero-order chi connectivity index (χ0) is 13.4. The van der Waals surface area contributed by atoms with Crippen LogP contribution in [0.25, 0.3) is 0 Å². The molecule has 0 aromatic carbocycles. The standard InChI is InChI=1S/C14H27NO3/c1-3-9-18-10-6-13(16)15-11-14(17)7-4-12(2)5-8-14/h12,17H,3-11H2,1-2H3,(H,15,16). The van der Waals surface area contributed by atoms with Gasteiger partial charge in [-0.1, -0.05) is 13.8 Å². The van der Waals surface area contributed by atoms with E-state index in [1.165, 1.54) is 0 Å². The molecular formula is C14H27NO3. The van der Waals surface area contributed by atoms with Crippen molar-refractivity contribution in [2.24, 2.45) is 5.92 Å². The van der Waals surface area contributed by atoms with Gasteiger partial charge in [-0.25, -0.2) is 0 Å². The Kier molecular flexibility index (Phi) is 6.65. The Balaban J connectivity index is 2.13. The van der Waals surface area contributed by atoms with Gasteiger partial charge in [-0.3, -0.25) is 4.79 Å². The molecule has 1 saturated carbocycles. The molecule has 0 aromatic rings. The average molecular weight is 257 g/mol. The van der Waals surface area contributed by atoms with Crippen molar-refractivity contribution < 1.29 is 14.6 Å². The van der Waals surface area contributed by atoms with Gasteiger partial charge in [-0.15, -0.1) is 0 Å². The number of nitrogens with one attached hydrogen (secondary N) is 1. The Labute approximate surface area is 110 Å². The van der Waals surface area contributed by atoms with E-state index in [0.29, 0.717) is 32.1 Å². The molecule has 0 bridgehead atoms. The molecule has 1 aliphatic carbocycles. The van der Waals surface area contributed by atoms with E-state index < -0.39 is 5.60 Å². The summed E-state index contributed by atoms with van der Waals surface area (Å²) < 4.78 is 5.26. The van der Waals surface area contributed by atoms with Crippen LogP contribution in [0, 0.1) is 5.92 Å².